The molecule has 2 rings (SSSR count). The maximum absolute atomic E-state index is 12.0. The lowest BCUT2D eigenvalue weighted by molar-refractivity contribution is -0.143. The van der Waals surface area contributed by atoms with Crippen LogP contribution in [0.4, 0.5) is 4.79 Å². The normalized spacial score (nSPS) is 31.7. The third-order valence-electron chi connectivity index (χ3n) is 4.02. The number of carbonyl (C=O) groups is 3. The van der Waals surface area contributed by atoms with E-state index in [1.54, 1.807) is 0 Å². The first-order valence-electron chi connectivity index (χ1n) is 6.19. The number of hydrogen-bond donors (Lipinski definition) is 1. The van der Waals surface area contributed by atoms with Crippen LogP contribution in [0.3, 0.4) is 0 Å². The first kappa shape index (κ1) is 12.9. The largest absolute Gasteiger partial charge is 0.468 e. The van der Waals surface area contributed by atoms with Gasteiger partial charge in [-0.25, -0.2) is 4.79 Å². The Labute approximate surface area is 106 Å². The van der Waals surface area contributed by atoms with Crippen LogP contribution in [0, 0.1) is 5.92 Å². The number of hydrogen-bond acceptors (Lipinski definition) is 4. The summed E-state index contributed by atoms with van der Waals surface area (Å²) in [7, 11) is 1.27. The number of nitrogens with one attached hydrogen (secondary N) is 1. The van der Waals surface area contributed by atoms with E-state index >= 15 is 0 Å². The summed E-state index contributed by atoms with van der Waals surface area (Å²) in [6, 6.07) is -0.486. The lowest BCUT2D eigenvalue weighted by Gasteiger charge is -2.39. The lowest BCUT2D eigenvalue weighted by atomic mass is 9.76. The Morgan fingerprint density at radius 2 is 2.06 bits per heavy atom. The molecule has 1 saturated carbocycles. The van der Waals surface area contributed by atoms with E-state index < -0.39 is 17.5 Å². The lowest BCUT2D eigenvalue weighted by Crippen LogP contribution is -2.53. The van der Waals surface area contributed by atoms with Gasteiger partial charge in [0.15, 0.2) is 0 Å². The first-order chi connectivity index (χ1) is 8.49. The molecule has 0 aromatic carbocycles. The van der Waals surface area contributed by atoms with Crippen molar-refractivity contribution in [1.29, 1.82) is 0 Å². The summed E-state index contributed by atoms with van der Waals surface area (Å²) < 4.78 is 4.58. The summed E-state index contributed by atoms with van der Waals surface area (Å²) >= 11 is 0. The molecule has 1 saturated heterocycles. The average molecular weight is 254 g/mol. The Kier molecular flexibility index (Phi) is 3.28. The molecule has 1 N–H and O–H groups in total. The summed E-state index contributed by atoms with van der Waals surface area (Å²) in [5.74, 6) is -0.222. The van der Waals surface area contributed by atoms with E-state index in [1.807, 2.05) is 0 Å². The molecule has 1 spiro atoms. The second-order valence-electron chi connectivity index (χ2n) is 5.14. The van der Waals surface area contributed by atoms with Crippen LogP contribution in [0.25, 0.3) is 0 Å². The zero-order valence-corrected chi connectivity index (χ0v) is 10.7. The van der Waals surface area contributed by atoms with Gasteiger partial charge < -0.3 is 4.74 Å². The smallest absolute Gasteiger partial charge is 0.325 e. The number of carbonyl (C=O) groups excluding carboxylic acids is 3. The molecule has 2 fully saturated rings. The van der Waals surface area contributed by atoms with Gasteiger partial charge in [-0.2, -0.15) is 0 Å². The number of urea groups is 1. The van der Waals surface area contributed by atoms with Gasteiger partial charge in [0.1, 0.15) is 12.1 Å². The van der Waals surface area contributed by atoms with E-state index in [0.717, 1.165) is 12.8 Å². The molecule has 1 aliphatic carbocycles. The fourth-order valence-electron chi connectivity index (χ4n) is 2.75. The zero-order chi connectivity index (χ0) is 13.3. The number of amides is 3. The maximum Gasteiger partial charge on any atom is 0.325 e. The van der Waals surface area contributed by atoms with Crippen molar-refractivity contribution < 1.29 is 19.1 Å². The van der Waals surface area contributed by atoms with Gasteiger partial charge in [0, 0.05) is 0 Å². The zero-order valence-electron chi connectivity index (χ0n) is 10.7. The van der Waals surface area contributed by atoms with Crippen molar-refractivity contribution >= 4 is 17.9 Å². The molecule has 3 amide bonds. The average Bonchev–Trinajstić information content (AvgIpc) is 2.57. The van der Waals surface area contributed by atoms with Gasteiger partial charge in [-0.15, -0.1) is 0 Å². The number of nitrogens with zero attached hydrogens (tertiary/aromatic N) is 1. The van der Waals surface area contributed by atoms with Crippen molar-refractivity contribution in [2.45, 2.75) is 38.1 Å². The highest BCUT2D eigenvalue weighted by Crippen LogP contribution is 2.39. The highest BCUT2D eigenvalue weighted by molar-refractivity contribution is 6.08. The standard InChI is InChI=1S/C12H18N2O4/c1-8-3-5-12(6-4-8)10(16)13-11(17)14(12)7-9(15)18-2/h8H,3-7H2,1-2H3,(H,13,16,17). The van der Waals surface area contributed by atoms with E-state index in [9.17, 15) is 14.4 Å². The number of methoxy groups -OCH3 is 1. The summed E-state index contributed by atoms with van der Waals surface area (Å²) in [5.41, 5.74) is -0.836. The summed E-state index contributed by atoms with van der Waals surface area (Å²) in [5, 5.41) is 2.31. The van der Waals surface area contributed by atoms with Gasteiger partial charge in [0.2, 0.25) is 0 Å². The summed E-state index contributed by atoms with van der Waals surface area (Å²) in [6.45, 7) is 1.97. The van der Waals surface area contributed by atoms with Crippen molar-refractivity contribution in [3.05, 3.63) is 0 Å². The Bertz CT molecular complexity index is 386. The number of rotatable bonds is 2. The minimum Gasteiger partial charge on any atom is -0.468 e. The van der Waals surface area contributed by atoms with Crippen LogP contribution in [0.5, 0.6) is 0 Å². The fourth-order valence-corrected chi connectivity index (χ4v) is 2.75. The molecule has 6 heteroatoms. The van der Waals surface area contributed by atoms with E-state index in [-0.39, 0.29) is 12.5 Å². The van der Waals surface area contributed by atoms with Crippen molar-refractivity contribution in [1.82, 2.24) is 10.2 Å². The van der Waals surface area contributed by atoms with Crippen molar-refractivity contribution in [2.75, 3.05) is 13.7 Å². The predicted molar refractivity (Wildman–Crippen MR) is 62.6 cm³/mol. The molecular formula is C12H18N2O4. The minimum atomic E-state index is -0.836. The highest BCUT2D eigenvalue weighted by atomic mass is 16.5. The predicted octanol–water partition coefficient (Wildman–Crippen LogP) is 0.660. The van der Waals surface area contributed by atoms with Gasteiger partial charge in [0.25, 0.3) is 5.91 Å². The molecule has 0 radical (unpaired) electrons. The second kappa shape index (κ2) is 4.59. The summed E-state index contributed by atoms with van der Waals surface area (Å²) in [4.78, 5) is 36.5. The highest BCUT2D eigenvalue weighted by Gasteiger charge is 2.54. The van der Waals surface area contributed by atoms with Gasteiger partial charge in [-0.1, -0.05) is 6.92 Å². The van der Waals surface area contributed by atoms with Gasteiger partial charge in [0.05, 0.1) is 7.11 Å². The molecule has 0 atom stereocenters. The molecule has 0 unspecified atom stereocenters. The SMILES string of the molecule is COC(=O)CN1C(=O)NC(=O)C12CCC(C)CC2. The molecule has 1 aliphatic heterocycles. The van der Waals surface area contributed by atoms with E-state index in [4.69, 9.17) is 0 Å². The van der Waals surface area contributed by atoms with Crippen LogP contribution in [0.1, 0.15) is 32.6 Å². The number of imide groups is 1. The maximum atomic E-state index is 12.0. The Hall–Kier alpha value is -1.59. The molecule has 18 heavy (non-hydrogen) atoms. The van der Waals surface area contributed by atoms with Gasteiger partial charge in [-0.3, -0.25) is 19.8 Å². The topological polar surface area (TPSA) is 75.7 Å². The molecule has 2 aliphatic rings. The molecular weight excluding hydrogens is 236 g/mol. The fraction of sp³-hybridized carbons (Fsp3) is 0.750. The van der Waals surface area contributed by atoms with Crippen molar-refractivity contribution in [3.8, 4) is 0 Å². The monoisotopic (exact) mass is 254 g/mol. The molecule has 100 valence electrons. The van der Waals surface area contributed by atoms with Crippen molar-refractivity contribution in [2.24, 2.45) is 5.92 Å². The van der Waals surface area contributed by atoms with E-state index in [0.29, 0.717) is 18.8 Å². The summed E-state index contributed by atoms with van der Waals surface area (Å²) in [6.07, 6.45) is 3.00. The quantitative estimate of drug-likeness (QED) is 0.580. The van der Waals surface area contributed by atoms with Crippen LogP contribution >= 0.6 is 0 Å². The Balaban J connectivity index is 2.21. The van der Waals surface area contributed by atoms with Crippen LogP contribution in [-0.4, -0.2) is 42.0 Å². The number of esters is 1. The van der Waals surface area contributed by atoms with Gasteiger partial charge >= 0.3 is 12.0 Å². The van der Waals surface area contributed by atoms with Crippen LogP contribution in [0.2, 0.25) is 0 Å². The van der Waals surface area contributed by atoms with E-state index in [2.05, 4.69) is 17.0 Å². The van der Waals surface area contributed by atoms with Crippen LogP contribution in [-0.2, 0) is 14.3 Å². The van der Waals surface area contributed by atoms with Crippen LogP contribution in [0.15, 0.2) is 0 Å². The molecule has 6 nitrogen and oxygen atoms in total. The minimum absolute atomic E-state index is 0.164. The van der Waals surface area contributed by atoms with Gasteiger partial charge in [-0.05, 0) is 31.6 Å². The van der Waals surface area contributed by atoms with Crippen LogP contribution < -0.4 is 5.32 Å². The second-order valence-corrected chi connectivity index (χ2v) is 5.14. The Morgan fingerprint density at radius 3 is 2.61 bits per heavy atom. The Morgan fingerprint density at radius 1 is 1.44 bits per heavy atom. The number of ether oxygens (including phenoxy) is 1. The first-order valence-corrected chi connectivity index (χ1v) is 6.19. The molecule has 0 bridgehead atoms. The third-order valence-corrected chi connectivity index (χ3v) is 4.02. The van der Waals surface area contributed by atoms with Crippen molar-refractivity contribution in [3.63, 3.8) is 0 Å². The van der Waals surface area contributed by atoms with E-state index in [1.165, 1.54) is 12.0 Å². The molecule has 1 heterocycles. The third kappa shape index (κ3) is 1.95. The molecule has 0 aromatic rings. The molecule has 0 aromatic heterocycles.